The first kappa shape index (κ1) is 16.0. The quantitative estimate of drug-likeness (QED) is 0.894. The first-order valence-electron chi connectivity index (χ1n) is 7.39. The molecule has 6 nitrogen and oxygen atoms in total. The van der Waals surface area contributed by atoms with Crippen LogP contribution in [-0.2, 0) is 4.79 Å². The van der Waals surface area contributed by atoms with Crippen molar-refractivity contribution in [1.29, 1.82) is 5.26 Å². The number of hydrogen-bond donors (Lipinski definition) is 1. The van der Waals surface area contributed by atoms with E-state index < -0.39 is 0 Å². The topological polar surface area (TPSA) is 76.4 Å². The van der Waals surface area contributed by atoms with Crippen molar-refractivity contribution in [1.82, 2.24) is 15.1 Å². The Morgan fingerprint density at radius 3 is 2.64 bits per heavy atom. The number of rotatable bonds is 5. The molecule has 0 aliphatic carbocycles. The molecule has 1 aromatic rings. The normalized spacial score (nSPS) is 15.5. The minimum atomic E-state index is -0.313. The molecular weight excluding hydrogens is 280 g/mol. The molecule has 1 unspecified atom stereocenters. The van der Waals surface area contributed by atoms with Crippen LogP contribution in [0, 0.1) is 11.3 Å². The van der Waals surface area contributed by atoms with Gasteiger partial charge >= 0.3 is 6.03 Å². The molecule has 0 saturated carbocycles. The Balaban J connectivity index is 2.05. The third kappa shape index (κ3) is 3.43. The number of hydrogen-bond acceptors (Lipinski definition) is 4. The summed E-state index contributed by atoms with van der Waals surface area (Å²) >= 11 is 0. The Morgan fingerprint density at radius 1 is 1.45 bits per heavy atom. The third-order valence-electron chi connectivity index (χ3n) is 3.97. The SMILES string of the molecule is CCN(CC(=O)N1CCNC1=O)C(C)c1ccc(C#N)cc1. The van der Waals surface area contributed by atoms with Crippen LogP contribution in [0.5, 0.6) is 0 Å². The van der Waals surface area contributed by atoms with Gasteiger partial charge < -0.3 is 5.32 Å². The predicted molar refractivity (Wildman–Crippen MR) is 81.9 cm³/mol. The zero-order valence-electron chi connectivity index (χ0n) is 12.9. The molecule has 3 amide bonds. The van der Waals surface area contributed by atoms with E-state index in [9.17, 15) is 9.59 Å². The summed E-state index contributed by atoms with van der Waals surface area (Å²) in [5, 5.41) is 11.5. The van der Waals surface area contributed by atoms with E-state index >= 15 is 0 Å². The van der Waals surface area contributed by atoms with E-state index in [1.807, 2.05) is 30.9 Å². The molecule has 1 saturated heterocycles. The molecular formula is C16H20N4O2. The summed E-state index contributed by atoms with van der Waals surface area (Å²) in [5.74, 6) is -0.183. The van der Waals surface area contributed by atoms with Gasteiger partial charge in [0, 0.05) is 19.1 Å². The molecule has 0 spiro atoms. The predicted octanol–water partition coefficient (Wildman–Crippen LogP) is 1.49. The van der Waals surface area contributed by atoms with Gasteiger partial charge in [0.1, 0.15) is 0 Å². The summed E-state index contributed by atoms with van der Waals surface area (Å²) in [4.78, 5) is 27.0. The van der Waals surface area contributed by atoms with Crippen LogP contribution in [0.4, 0.5) is 4.79 Å². The summed E-state index contributed by atoms with van der Waals surface area (Å²) in [7, 11) is 0. The van der Waals surface area contributed by atoms with Gasteiger partial charge in [-0.05, 0) is 31.2 Å². The number of nitriles is 1. The maximum absolute atomic E-state index is 12.2. The molecule has 1 aromatic carbocycles. The highest BCUT2D eigenvalue weighted by Crippen LogP contribution is 2.20. The maximum atomic E-state index is 12.2. The average Bonchev–Trinajstić information content (AvgIpc) is 2.98. The molecule has 6 heteroatoms. The van der Waals surface area contributed by atoms with Gasteiger partial charge in [-0.1, -0.05) is 19.1 Å². The fourth-order valence-electron chi connectivity index (χ4n) is 2.54. The van der Waals surface area contributed by atoms with Crippen molar-refractivity contribution in [3.8, 4) is 6.07 Å². The zero-order valence-corrected chi connectivity index (χ0v) is 12.9. The van der Waals surface area contributed by atoms with Crippen molar-refractivity contribution < 1.29 is 9.59 Å². The molecule has 22 heavy (non-hydrogen) atoms. The van der Waals surface area contributed by atoms with Crippen molar-refractivity contribution >= 4 is 11.9 Å². The van der Waals surface area contributed by atoms with Crippen LogP contribution in [0.2, 0.25) is 0 Å². The van der Waals surface area contributed by atoms with Crippen LogP contribution >= 0.6 is 0 Å². The van der Waals surface area contributed by atoms with E-state index in [0.717, 1.165) is 5.56 Å². The van der Waals surface area contributed by atoms with Gasteiger partial charge in [-0.3, -0.25) is 14.6 Å². The molecule has 2 rings (SSSR count). The minimum Gasteiger partial charge on any atom is -0.336 e. The second-order valence-electron chi connectivity index (χ2n) is 5.25. The highest BCUT2D eigenvalue weighted by Gasteiger charge is 2.28. The monoisotopic (exact) mass is 300 g/mol. The van der Waals surface area contributed by atoms with E-state index in [0.29, 0.717) is 25.2 Å². The zero-order chi connectivity index (χ0) is 16.1. The van der Waals surface area contributed by atoms with Gasteiger partial charge in [-0.2, -0.15) is 5.26 Å². The van der Waals surface area contributed by atoms with Crippen LogP contribution < -0.4 is 5.32 Å². The Bertz CT molecular complexity index is 591. The standard InChI is InChI=1S/C16H20N4O2/c1-3-19(11-15(21)20-9-8-18-16(20)22)12(2)14-6-4-13(10-17)5-7-14/h4-7,12H,3,8-9,11H2,1-2H3,(H,18,22). The van der Waals surface area contributed by atoms with E-state index in [1.165, 1.54) is 4.90 Å². The van der Waals surface area contributed by atoms with Crippen molar-refractivity contribution in [3.05, 3.63) is 35.4 Å². The number of likely N-dealkylation sites (N-methyl/N-ethyl adjacent to an activating group) is 1. The average molecular weight is 300 g/mol. The van der Waals surface area contributed by atoms with E-state index in [2.05, 4.69) is 11.4 Å². The molecule has 1 aliphatic rings. The molecule has 1 N–H and O–H groups in total. The highest BCUT2D eigenvalue weighted by atomic mass is 16.2. The van der Waals surface area contributed by atoms with Crippen LogP contribution in [-0.4, -0.2) is 47.9 Å². The molecule has 1 heterocycles. The number of nitrogens with zero attached hydrogens (tertiary/aromatic N) is 3. The largest absolute Gasteiger partial charge is 0.336 e. The second-order valence-corrected chi connectivity index (χ2v) is 5.25. The number of amides is 3. The highest BCUT2D eigenvalue weighted by molar-refractivity contribution is 5.96. The fourth-order valence-corrected chi connectivity index (χ4v) is 2.54. The Kier molecular flexibility index (Phi) is 5.12. The molecule has 1 atom stereocenters. The van der Waals surface area contributed by atoms with Gasteiger partial charge in [0.05, 0.1) is 18.2 Å². The third-order valence-corrected chi connectivity index (χ3v) is 3.97. The number of carbonyl (C=O) groups is 2. The molecule has 1 fully saturated rings. The lowest BCUT2D eigenvalue weighted by Crippen LogP contribution is -2.42. The van der Waals surface area contributed by atoms with E-state index in [4.69, 9.17) is 5.26 Å². The van der Waals surface area contributed by atoms with E-state index in [1.54, 1.807) is 12.1 Å². The summed E-state index contributed by atoms with van der Waals surface area (Å²) in [5.41, 5.74) is 1.66. The number of carbonyl (C=O) groups excluding carboxylic acids is 2. The van der Waals surface area contributed by atoms with Gasteiger partial charge in [0.15, 0.2) is 0 Å². The lowest BCUT2D eigenvalue weighted by atomic mass is 10.0. The summed E-state index contributed by atoms with van der Waals surface area (Å²) in [6.07, 6.45) is 0. The molecule has 0 aromatic heterocycles. The van der Waals surface area contributed by atoms with Gasteiger partial charge in [0.2, 0.25) is 5.91 Å². The van der Waals surface area contributed by atoms with Gasteiger partial charge in [-0.25, -0.2) is 4.79 Å². The van der Waals surface area contributed by atoms with Crippen LogP contribution in [0.25, 0.3) is 0 Å². The molecule has 116 valence electrons. The Labute approximate surface area is 130 Å². The maximum Gasteiger partial charge on any atom is 0.324 e. The molecule has 1 aliphatic heterocycles. The van der Waals surface area contributed by atoms with Crippen molar-refractivity contribution in [2.24, 2.45) is 0 Å². The summed E-state index contributed by atoms with van der Waals surface area (Å²) in [6.45, 7) is 5.84. The number of imide groups is 1. The van der Waals surface area contributed by atoms with Crippen LogP contribution in [0.1, 0.15) is 31.0 Å². The number of urea groups is 1. The lowest BCUT2D eigenvalue weighted by molar-refractivity contribution is -0.129. The van der Waals surface area contributed by atoms with Crippen molar-refractivity contribution in [2.75, 3.05) is 26.2 Å². The number of benzene rings is 1. The lowest BCUT2D eigenvalue weighted by Gasteiger charge is -2.28. The van der Waals surface area contributed by atoms with Crippen LogP contribution in [0.3, 0.4) is 0 Å². The first-order chi connectivity index (χ1) is 10.6. The van der Waals surface area contributed by atoms with E-state index in [-0.39, 0.29) is 24.5 Å². The Morgan fingerprint density at radius 2 is 2.14 bits per heavy atom. The van der Waals surface area contributed by atoms with Crippen molar-refractivity contribution in [3.63, 3.8) is 0 Å². The molecule has 0 radical (unpaired) electrons. The smallest absolute Gasteiger partial charge is 0.324 e. The van der Waals surface area contributed by atoms with Gasteiger partial charge in [0.25, 0.3) is 0 Å². The fraction of sp³-hybridized carbons (Fsp3) is 0.438. The summed E-state index contributed by atoms with van der Waals surface area (Å²) in [6, 6.07) is 9.16. The summed E-state index contributed by atoms with van der Waals surface area (Å²) < 4.78 is 0. The first-order valence-corrected chi connectivity index (χ1v) is 7.39. The molecule has 0 bridgehead atoms. The van der Waals surface area contributed by atoms with Crippen molar-refractivity contribution in [2.45, 2.75) is 19.9 Å². The minimum absolute atomic E-state index is 0.0346. The number of nitrogens with one attached hydrogen (secondary N) is 1. The Hall–Kier alpha value is -2.39. The van der Waals surface area contributed by atoms with Gasteiger partial charge in [-0.15, -0.1) is 0 Å². The van der Waals surface area contributed by atoms with Crippen LogP contribution in [0.15, 0.2) is 24.3 Å². The second kappa shape index (κ2) is 7.05.